The molecule has 1 aliphatic carbocycles. The van der Waals surface area contributed by atoms with Gasteiger partial charge in [-0.3, -0.25) is 4.68 Å². The fourth-order valence-corrected chi connectivity index (χ4v) is 3.16. The van der Waals surface area contributed by atoms with Crippen molar-refractivity contribution in [1.29, 1.82) is 0 Å². The Morgan fingerprint density at radius 3 is 3.22 bits per heavy atom. The topological polar surface area (TPSA) is 62.1 Å². The quantitative estimate of drug-likeness (QED) is 0.714. The molecule has 100 valence electrons. The highest BCUT2D eigenvalue weighted by atomic mass is 16.3. The Balaban J connectivity index is 1.74. The average Bonchev–Trinajstić information content (AvgIpc) is 3.01. The first kappa shape index (κ1) is 12.1. The van der Waals surface area contributed by atoms with Crippen molar-refractivity contribution in [2.24, 2.45) is 0 Å². The summed E-state index contributed by atoms with van der Waals surface area (Å²) in [7, 11) is 0. The third-order valence-electron chi connectivity index (χ3n) is 4.07. The van der Waals surface area contributed by atoms with E-state index in [9.17, 15) is 0 Å². The maximum absolute atomic E-state index is 9.05. The van der Waals surface area contributed by atoms with Crippen LogP contribution >= 0.6 is 0 Å². The van der Waals surface area contributed by atoms with Crippen LogP contribution in [0.25, 0.3) is 0 Å². The van der Waals surface area contributed by atoms with Gasteiger partial charge >= 0.3 is 0 Å². The van der Waals surface area contributed by atoms with Crippen molar-refractivity contribution in [3.63, 3.8) is 0 Å². The van der Waals surface area contributed by atoms with Gasteiger partial charge in [0, 0.05) is 29.9 Å². The van der Waals surface area contributed by atoms with E-state index in [1.165, 1.54) is 30.5 Å². The van der Waals surface area contributed by atoms with Crippen LogP contribution in [0, 0.1) is 0 Å². The fourth-order valence-electron chi connectivity index (χ4n) is 3.16. The van der Waals surface area contributed by atoms with Gasteiger partial charge in [0.05, 0.1) is 19.3 Å². The number of nitrogens with zero attached hydrogens (tertiary/aromatic N) is 2. The van der Waals surface area contributed by atoms with Crippen LogP contribution in [0.1, 0.15) is 36.6 Å². The first-order valence-electron chi connectivity index (χ1n) is 7.00. The molecule has 1 aromatic heterocycles. The Kier molecular flexibility index (Phi) is 3.63. The summed E-state index contributed by atoms with van der Waals surface area (Å²) in [5, 5.41) is 20.6. The van der Waals surface area contributed by atoms with Crippen LogP contribution in [0.15, 0.2) is 6.20 Å². The minimum absolute atomic E-state index is 0.165. The van der Waals surface area contributed by atoms with E-state index >= 15 is 0 Å². The summed E-state index contributed by atoms with van der Waals surface area (Å²) in [5.74, 6) is 0. The Labute approximate surface area is 108 Å². The van der Waals surface area contributed by atoms with Gasteiger partial charge in [-0.05, 0) is 32.2 Å². The SMILES string of the molecule is OCCn1ncc2c1CCCC2NC1CCNC1. The van der Waals surface area contributed by atoms with Gasteiger partial charge in [-0.25, -0.2) is 0 Å². The molecule has 0 spiro atoms. The van der Waals surface area contributed by atoms with Gasteiger partial charge in [0.25, 0.3) is 0 Å². The van der Waals surface area contributed by atoms with Gasteiger partial charge in [0.2, 0.25) is 0 Å². The number of nitrogens with one attached hydrogen (secondary N) is 2. The predicted molar refractivity (Wildman–Crippen MR) is 69.4 cm³/mol. The normalized spacial score (nSPS) is 27.4. The second kappa shape index (κ2) is 5.38. The molecule has 3 N–H and O–H groups in total. The predicted octanol–water partition coefficient (Wildman–Crippen LogP) is 0.204. The number of rotatable bonds is 4. The van der Waals surface area contributed by atoms with E-state index in [1.807, 2.05) is 10.9 Å². The highest BCUT2D eigenvalue weighted by molar-refractivity contribution is 5.25. The lowest BCUT2D eigenvalue weighted by Crippen LogP contribution is -2.36. The molecule has 2 aliphatic rings. The number of hydrogen-bond acceptors (Lipinski definition) is 4. The summed E-state index contributed by atoms with van der Waals surface area (Å²) in [6.07, 6.45) is 6.72. The van der Waals surface area contributed by atoms with Crippen molar-refractivity contribution in [2.45, 2.75) is 44.3 Å². The lowest BCUT2D eigenvalue weighted by Gasteiger charge is -2.27. The zero-order valence-corrected chi connectivity index (χ0v) is 10.7. The van der Waals surface area contributed by atoms with Crippen molar-refractivity contribution < 1.29 is 5.11 Å². The van der Waals surface area contributed by atoms with E-state index in [4.69, 9.17) is 5.11 Å². The van der Waals surface area contributed by atoms with Crippen molar-refractivity contribution in [2.75, 3.05) is 19.7 Å². The summed E-state index contributed by atoms with van der Waals surface area (Å²) >= 11 is 0. The van der Waals surface area contributed by atoms with E-state index in [2.05, 4.69) is 15.7 Å². The molecule has 0 saturated carbocycles. The van der Waals surface area contributed by atoms with Crippen molar-refractivity contribution in [3.05, 3.63) is 17.5 Å². The van der Waals surface area contributed by atoms with Gasteiger partial charge in [-0.15, -0.1) is 0 Å². The zero-order valence-electron chi connectivity index (χ0n) is 10.7. The van der Waals surface area contributed by atoms with E-state index in [1.54, 1.807) is 0 Å². The lowest BCUT2D eigenvalue weighted by molar-refractivity contribution is 0.266. The van der Waals surface area contributed by atoms with E-state index in [0.717, 1.165) is 19.5 Å². The summed E-state index contributed by atoms with van der Waals surface area (Å²) in [4.78, 5) is 0. The van der Waals surface area contributed by atoms with E-state index in [0.29, 0.717) is 18.6 Å². The molecule has 1 fully saturated rings. The average molecular weight is 250 g/mol. The van der Waals surface area contributed by atoms with Gasteiger partial charge in [0.1, 0.15) is 0 Å². The Hall–Kier alpha value is -0.910. The van der Waals surface area contributed by atoms with Gasteiger partial charge in [-0.2, -0.15) is 5.10 Å². The number of hydrogen-bond donors (Lipinski definition) is 3. The van der Waals surface area contributed by atoms with Crippen molar-refractivity contribution >= 4 is 0 Å². The number of fused-ring (bicyclic) bond motifs is 1. The highest BCUT2D eigenvalue weighted by Gasteiger charge is 2.26. The molecule has 5 nitrogen and oxygen atoms in total. The van der Waals surface area contributed by atoms with Crippen molar-refractivity contribution in [1.82, 2.24) is 20.4 Å². The second-order valence-electron chi connectivity index (χ2n) is 5.29. The van der Waals surface area contributed by atoms with E-state index < -0.39 is 0 Å². The fraction of sp³-hybridized carbons (Fsp3) is 0.769. The smallest absolute Gasteiger partial charge is 0.0644 e. The maximum atomic E-state index is 9.05. The Bertz CT molecular complexity index is 398. The first-order chi connectivity index (χ1) is 8.88. The van der Waals surface area contributed by atoms with Crippen LogP contribution < -0.4 is 10.6 Å². The molecule has 0 bridgehead atoms. The molecule has 0 amide bonds. The van der Waals surface area contributed by atoms with Gasteiger partial charge in [0.15, 0.2) is 0 Å². The molecule has 2 heterocycles. The Morgan fingerprint density at radius 1 is 1.50 bits per heavy atom. The largest absolute Gasteiger partial charge is 0.394 e. The first-order valence-corrected chi connectivity index (χ1v) is 7.00. The molecule has 0 aromatic carbocycles. The minimum atomic E-state index is 0.165. The zero-order chi connectivity index (χ0) is 12.4. The lowest BCUT2D eigenvalue weighted by atomic mass is 9.92. The summed E-state index contributed by atoms with van der Waals surface area (Å²) < 4.78 is 1.97. The molecule has 3 rings (SSSR count). The van der Waals surface area contributed by atoms with E-state index in [-0.39, 0.29) is 6.61 Å². The molecule has 5 heteroatoms. The molecule has 1 saturated heterocycles. The summed E-state index contributed by atoms with van der Waals surface area (Å²) in [5.41, 5.74) is 2.67. The highest BCUT2D eigenvalue weighted by Crippen LogP contribution is 2.30. The van der Waals surface area contributed by atoms with Gasteiger partial charge < -0.3 is 15.7 Å². The number of aromatic nitrogens is 2. The van der Waals surface area contributed by atoms with Crippen LogP contribution in [0.4, 0.5) is 0 Å². The summed E-state index contributed by atoms with van der Waals surface area (Å²) in [6, 6.07) is 1.05. The molecule has 0 radical (unpaired) electrons. The third-order valence-corrected chi connectivity index (χ3v) is 4.07. The van der Waals surface area contributed by atoms with Crippen LogP contribution in [0.2, 0.25) is 0 Å². The maximum Gasteiger partial charge on any atom is 0.0644 e. The molecule has 2 unspecified atom stereocenters. The Morgan fingerprint density at radius 2 is 2.44 bits per heavy atom. The van der Waals surface area contributed by atoms with Crippen LogP contribution in [-0.2, 0) is 13.0 Å². The molecular weight excluding hydrogens is 228 g/mol. The van der Waals surface area contributed by atoms with Crippen LogP contribution in [-0.4, -0.2) is 40.6 Å². The molecule has 18 heavy (non-hydrogen) atoms. The summed E-state index contributed by atoms with van der Waals surface area (Å²) in [6.45, 7) is 2.99. The molecule has 1 aromatic rings. The minimum Gasteiger partial charge on any atom is -0.394 e. The monoisotopic (exact) mass is 250 g/mol. The number of aliphatic hydroxyl groups excluding tert-OH is 1. The molecule has 1 aliphatic heterocycles. The second-order valence-corrected chi connectivity index (χ2v) is 5.29. The van der Waals surface area contributed by atoms with Crippen molar-refractivity contribution in [3.8, 4) is 0 Å². The van der Waals surface area contributed by atoms with Crippen LogP contribution in [0.5, 0.6) is 0 Å². The van der Waals surface area contributed by atoms with Crippen LogP contribution in [0.3, 0.4) is 0 Å². The standard InChI is InChI=1S/C13H22N4O/c18-7-6-17-13-3-1-2-12(11(13)9-15-17)16-10-4-5-14-8-10/h9-10,12,14,16,18H,1-8H2. The molecular formula is C13H22N4O. The third kappa shape index (κ3) is 2.30. The molecule has 2 atom stereocenters. The van der Waals surface area contributed by atoms with Gasteiger partial charge in [-0.1, -0.05) is 0 Å². The number of aliphatic hydroxyl groups is 1.